The largest absolute Gasteiger partial charge is 0.460 e. The minimum absolute atomic E-state index is 0.102. The van der Waals surface area contributed by atoms with Crippen LogP contribution in [-0.4, -0.2) is 17.2 Å². The summed E-state index contributed by atoms with van der Waals surface area (Å²) in [6.45, 7) is 1.50. The zero-order chi connectivity index (χ0) is 15.8. The van der Waals surface area contributed by atoms with Crippen molar-refractivity contribution in [2.75, 3.05) is 0 Å². The van der Waals surface area contributed by atoms with Crippen molar-refractivity contribution in [3.05, 3.63) is 35.4 Å². The Kier molecular flexibility index (Phi) is 4.38. The third kappa shape index (κ3) is 2.74. The maximum absolute atomic E-state index is 13.4. The topological polar surface area (TPSA) is 20.2 Å². The Bertz CT molecular complexity index is 467. The van der Waals surface area contributed by atoms with Crippen molar-refractivity contribution >= 4 is 0 Å². The molecule has 20 heavy (non-hydrogen) atoms. The molecule has 0 aliphatic heterocycles. The normalized spacial score (nSPS) is 15.2. The Morgan fingerprint density at radius 2 is 1.60 bits per heavy atom. The highest BCUT2D eigenvalue weighted by molar-refractivity contribution is 5.30. The maximum atomic E-state index is 13.4. The van der Waals surface area contributed by atoms with Crippen LogP contribution >= 0.6 is 0 Å². The molecule has 1 atom stereocenters. The molecular formula is C12H11F7O. The molecule has 1 unspecified atom stereocenters. The van der Waals surface area contributed by atoms with Crippen LogP contribution in [0.4, 0.5) is 30.7 Å². The summed E-state index contributed by atoms with van der Waals surface area (Å²) in [4.78, 5) is 0. The minimum atomic E-state index is -6.38. The number of aliphatic hydroxyl groups excluding tert-OH is 1. The van der Waals surface area contributed by atoms with Crippen molar-refractivity contribution in [2.24, 2.45) is 0 Å². The molecule has 0 aliphatic rings. The van der Waals surface area contributed by atoms with E-state index >= 15 is 0 Å². The van der Waals surface area contributed by atoms with E-state index in [1.165, 1.54) is 13.0 Å². The highest BCUT2D eigenvalue weighted by Gasteiger charge is 2.73. The van der Waals surface area contributed by atoms with Crippen molar-refractivity contribution in [2.45, 2.75) is 37.5 Å². The highest BCUT2D eigenvalue weighted by Crippen LogP contribution is 2.51. The van der Waals surface area contributed by atoms with Crippen molar-refractivity contribution in [3.63, 3.8) is 0 Å². The lowest BCUT2D eigenvalue weighted by Crippen LogP contribution is -2.50. The van der Waals surface area contributed by atoms with Gasteiger partial charge >= 0.3 is 18.0 Å². The van der Waals surface area contributed by atoms with Gasteiger partial charge in [-0.05, 0) is 18.1 Å². The number of halogens is 7. The molecule has 0 aromatic heterocycles. The van der Waals surface area contributed by atoms with Crippen LogP contribution in [-0.2, 0) is 5.92 Å². The Balaban J connectivity index is 3.29. The molecule has 0 bridgehead atoms. The quantitative estimate of drug-likeness (QED) is 0.816. The van der Waals surface area contributed by atoms with E-state index in [-0.39, 0.29) is 12.0 Å². The second kappa shape index (κ2) is 5.23. The van der Waals surface area contributed by atoms with Crippen LogP contribution in [0.2, 0.25) is 0 Å². The molecule has 0 heterocycles. The van der Waals surface area contributed by atoms with E-state index in [1.807, 2.05) is 0 Å². The molecule has 1 nitrogen and oxygen atoms in total. The smallest absolute Gasteiger partial charge is 0.388 e. The molecular weight excluding hydrogens is 293 g/mol. The molecule has 0 amide bonds. The van der Waals surface area contributed by atoms with Crippen LogP contribution in [0.15, 0.2) is 24.3 Å². The van der Waals surface area contributed by atoms with Gasteiger partial charge in [-0.3, -0.25) is 0 Å². The third-order valence-corrected chi connectivity index (χ3v) is 2.77. The van der Waals surface area contributed by atoms with E-state index in [0.717, 1.165) is 6.07 Å². The van der Waals surface area contributed by atoms with Crippen LogP contribution in [0, 0.1) is 0 Å². The Hall–Kier alpha value is -1.31. The van der Waals surface area contributed by atoms with Gasteiger partial charge in [0, 0.05) is 5.56 Å². The Morgan fingerprint density at radius 1 is 1.05 bits per heavy atom. The monoisotopic (exact) mass is 304 g/mol. The molecule has 114 valence electrons. The van der Waals surface area contributed by atoms with Crippen molar-refractivity contribution in [1.29, 1.82) is 0 Å². The summed E-state index contributed by atoms with van der Waals surface area (Å²) in [5.41, 5.74) is -1.65. The third-order valence-electron chi connectivity index (χ3n) is 2.77. The first-order chi connectivity index (χ1) is 8.95. The summed E-state index contributed by atoms with van der Waals surface area (Å²) < 4.78 is 88.8. The zero-order valence-corrected chi connectivity index (χ0v) is 10.2. The molecule has 0 radical (unpaired) electrons. The first-order valence-corrected chi connectivity index (χ1v) is 5.56. The fraction of sp³-hybridized carbons (Fsp3) is 0.500. The van der Waals surface area contributed by atoms with E-state index in [4.69, 9.17) is 0 Å². The van der Waals surface area contributed by atoms with Crippen molar-refractivity contribution in [1.82, 2.24) is 0 Å². The average molecular weight is 304 g/mol. The number of hydrogen-bond acceptors (Lipinski definition) is 1. The van der Waals surface area contributed by atoms with E-state index < -0.39 is 29.7 Å². The number of hydrogen-bond donors (Lipinski definition) is 1. The van der Waals surface area contributed by atoms with Gasteiger partial charge in [0.2, 0.25) is 0 Å². The lowest BCUT2D eigenvalue weighted by molar-refractivity contribution is -0.359. The van der Waals surface area contributed by atoms with Crippen LogP contribution < -0.4 is 0 Å². The SMILES string of the molecule is CCC(O)c1cccc(C(F)(F)C(F)(F)C(F)(F)F)c1. The second-order valence-corrected chi connectivity index (χ2v) is 4.20. The molecule has 0 saturated heterocycles. The molecule has 0 aliphatic carbocycles. The number of benzene rings is 1. The van der Waals surface area contributed by atoms with E-state index in [9.17, 15) is 35.8 Å². The summed E-state index contributed by atoms with van der Waals surface area (Å²) in [7, 11) is 0. The minimum Gasteiger partial charge on any atom is -0.388 e. The first kappa shape index (κ1) is 16.7. The van der Waals surface area contributed by atoms with E-state index in [0.29, 0.717) is 12.1 Å². The predicted molar refractivity (Wildman–Crippen MR) is 56.6 cm³/mol. The summed E-state index contributed by atoms with van der Waals surface area (Å²) in [5.74, 6) is -11.6. The van der Waals surface area contributed by atoms with Crippen LogP contribution in [0.5, 0.6) is 0 Å². The fourth-order valence-corrected chi connectivity index (χ4v) is 1.54. The summed E-state index contributed by atoms with van der Waals surface area (Å²) in [6, 6.07) is 2.97. The molecule has 8 heteroatoms. The number of aliphatic hydroxyl groups is 1. The summed E-state index contributed by atoms with van der Waals surface area (Å²) >= 11 is 0. The summed E-state index contributed by atoms with van der Waals surface area (Å²) in [6.07, 6.45) is -7.49. The lowest BCUT2D eigenvalue weighted by atomic mass is 9.97. The standard InChI is InChI=1S/C12H11F7O/c1-2-9(20)7-4-3-5-8(6-7)10(13,14)11(15,16)12(17,18)19/h3-6,9,20H,2H2,1H3. The van der Waals surface area contributed by atoms with Gasteiger partial charge < -0.3 is 5.11 Å². The zero-order valence-electron chi connectivity index (χ0n) is 10.2. The van der Waals surface area contributed by atoms with E-state index in [2.05, 4.69) is 0 Å². The van der Waals surface area contributed by atoms with E-state index in [1.54, 1.807) is 0 Å². The molecule has 1 N–H and O–H groups in total. The fourth-order valence-electron chi connectivity index (χ4n) is 1.54. The molecule has 1 aromatic rings. The van der Waals surface area contributed by atoms with Gasteiger partial charge in [-0.1, -0.05) is 25.1 Å². The molecule has 0 fully saturated rings. The van der Waals surface area contributed by atoms with Crippen molar-refractivity contribution in [3.8, 4) is 0 Å². The molecule has 1 rings (SSSR count). The van der Waals surface area contributed by atoms with Gasteiger partial charge in [0.15, 0.2) is 0 Å². The van der Waals surface area contributed by atoms with Gasteiger partial charge in [0.05, 0.1) is 6.10 Å². The first-order valence-electron chi connectivity index (χ1n) is 5.56. The molecule has 0 spiro atoms. The average Bonchev–Trinajstić information content (AvgIpc) is 2.36. The molecule has 0 saturated carbocycles. The van der Waals surface area contributed by atoms with Gasteiger partial charge in [-0.15, -0.1) is 0 Å². The summed E-state index contributed by atoms with van der Waals surface area (Å²) in [5, 5.41) is 9.43. The maximum Gasteiger partial charge on any atom is 0.460 e. The Labute approximate surface area is 110 Å². The Morgan fingerprint density at radius 3 is 2.05 bits per heavy atom. The van der Waals surface area contributed by atoms with Crippen LogP contribution in [0.3, 0.4) is 0 Å². The van der Waals surface area contributed by atoms with Crippen LogP contribution in [0.25, 0.3) is 0 Å². The molecule has 1 aromatic carbocycles. The van der Waals surface area contributed by atoms with Gasteiger partial charge in [0.1, 0.15) is 0 Å². The van der Waals surface area contributed by atoms with Crippen LogP contribution in [0.1, 0.15) is 30.6 Å². The predicted octanol–water partition coefficient (Wildman–Crippen LogP) is 4.42. The van der Waals surface area contributed by atoms with Gasteiger partial charge in [-0.2, -0.15) is 30.7 Å². The highest BCUT2D eigenvalue weighted by atomic mass is 19.4. The number of alkyl halides is 7. The van der Waals surface area contributed by atoms with Gasteiger partial charge in [-0.25, -0.2) is 0 Å². The van der Waals surface area contributed by atoms with Gasteiger partial charge in [0.25, 0.3) is 0 Å². The van der Waals surface area contributed by atoms with Crippen molar-refractivity contribution < 1.29 is 35.8 Å². The second-order valence-electron chi connectivity index (χ2n) is 4.20. The lowest BCUT2D eigenvalue weighted by Gasteiger charge is -2.28. The number of rotatable bonds is 4.